The van der Waals surface area contributed by atoms with Crippen molar-refractivity contribution in [2.45, 2.75) is 5.92 Å². The average Bonchev–Trinajstić information content (AvgIpc) is 2.52. The van der Waals surface area contributed by atoms with Crippen molar-refractivity contribution in [3.8, 4) is 0 Å². The van der Waals surface area contributed by atoms with Gasteiger partial charge in [-0.15, -0.1) is 0 Å². The fourth-order valence-corrected chi connectivity index (χ4v) is 2.92. The van der Waals surface area contributed by atoms with Crippen LogP contribution in [-0.4, -0.2) is 0 Å². The predicted molar refractivity (Wildman–Crippen MR) is 89.7 cm³/mol. The maximum absolute atomic E-state index is 6.44. The van der Waals surface area contributed by atoms with E-state index < -0.39 is 0 Å². The molecule has 104 valence electrons. The van der Waals surface area contributed by atoms with Gasteiger partial charge >= 0.3 is 0 Å². The van der Waals surface area contributed by atoms with Crippen LogP contribution in [-0.2, 0) is 0 Å². The van der Waals surface area contributed by atoms with Crippen LogP contribution in [0.3, 0.4) is 0 Å². The van der Waals surface area contributed by atoms with Crippen LogP contribution in [0.1, 0.15) is 22.6 Å². The Morgan fingerprint density at radius 3 is 1.71 bits per heavy atom. The fourth-order valence-electron chi connectivity index (χ4n) is 2.62. The molecule has 0 unspecified atom stereocenters. The Labute approximate surface area is 130 Å². The molecule has 0 heterocycles. The van der Waals surface area contributed by atoms with E-state index in [1.807, 2.05) is 30.3 Å². The van der Waals surface area contributed by atoms with Gasteiger partial charge in [-0.2, -0.15) is 0 Å². The van der Waals surface area contributed by atoms with Gasteiger partial charge in [-0.3, -0.25) is 0 Å². The third-order valence-electron chi connectivity index (χ3n) is 3.60. The molecule has 0 aliphatic rings. The Bertz CT molecular complexity index is 684. The van der Waals surface area contributed by atoms with Gasteiger partial charge in [-0.1, -0.05) is 78.3 Å². The SMILES string of the molecule is Nc1ccc(C(c2ccccc2)c2ccccc2)c(Cl)c1. The molecule has 2 N–H and O–H groups in total. The fraction of sp³-hybridized carbons (Fsp3) is 0.0526. The van der Waals surface area contributed by atoms with Crippen LogP contribution in [0.2, 0.25) is 5.02 Å². The van der Waals surface area contributed by atoms with Gasteiger partial charge in [-0.25, -0.2) is 0 Å². The number of hydrogen-bond acceptors (Lipinski definition) is 1. The first-order valence-electron chi connectivity index (χ1n) is 6.90. The third-order valence-corrected chi connectivity index (χ3v) is 3.93. The highest BCUT2D eigenvalue weighted by Gasteiger charge is 2.18. The minimum Gasteiger partial charge on any atom is -0.399 e. The van der Waals surface area contributed by atoms with Crippen LogP contribution in [0.4, 0.5) is 5.69 Å². The molecule has 0 amide bonds. The molecule has 21 heavy (non-hydrogen) atoms. The Morgan fingerprint density at radius 2 is 1.24 bits per heavy atom. The molecule has 3 aromatic carbocycles. The zero-order valence-electron chi connectivity index (χ0n) is 11.5. The van der Waals surface area contributed by atoms with Gasteiger partial charge < -0.3 is 5.73 Å². The molecular formula is C19H16ClN. The molecule has 1 nitrogen and oxygen atoms in total. The first kappa shape index (κ1) is 13.7. The number of hydrogen-bond donors (Lipinski definition) is 1. The lowest BCUT2D eigenvalue weighted by Gasteiger charge is -2.20. The van der Waals surface area contributed by atoms with Crippen molar-refractivity contribution >= 4 is 17.3 Å². The van der Waals surface area contributed by atoms with Crippen molar-refractivity contribution in [2.24, 2.45) is 0 Å². The maximum Gasteiger partial charge on any atom is 0.0468 e. The van der Waals surface area contributed by atoms with Crippen LogP contribution in [0.25, 0.3) is 0 Å². The number of halogens is 1. The van der Waals surface area contributed by atoms with E-state index in [0.717, 1.165) is 5.56 Å². The van der Waals surface area contributed by atoms with E-state index in [-0.39, 0.29) is 5.92 Å². The predicted octanol–water partition coefficient (Wildman–Crippen LogP) is 5.10. The van der Waals surface area contributed by atoms with Crippen molar-refractivity contribution in [3.05, 3.63) is 101 Å². The van der Waals surface area contributed by atoms with Crippen LogP contribution >= 0.6 is 11.6 Å². The van der Waals surface area contributed by atoms with E-state index in [1.165, 1.54) is 11.1 Å². The minimum absolute atomic E-state index is 0.112. The largest absolute Gasteiger partial charge is 0.399 e. The average molecular weight is 294 g/mol. The standard InChI is InChI=1S/C19H16ClN/c20-18-13-16(21)11-12-17(18)19(14-7-3-1-4-8-14)15-9-5-2-6-10-15/h1-13,19H,21H2. The van der Waals surface area contributed by atoms with Gasteiger partial charge in [0.2, 0.25) is 0 Å². The highest BCUT2D eigenvalue weighted by atomic mass is 35.5. The number of rotatable bonds is 3. The molecule has 0 radical (unpaired) electrons. The number of nitrogens with two attached hydrogens (primary N) is 1. The molecule has 0 aliphatic carbocycles. The summed E-state index contributed by atoms with van der Waals surface area (Å²) in [5.74, 6) is 0.112. The molecule has 0 aromatic heterocycles. The summed E-state index contributed by atoms with van der Waals surface area (Å²) in [7, 11) is 0. The molecule has 3 rings (SSSR count). The maximum atomic E-state index is 6.44. The summed E-state index contributed by atoms with van der Waals surface area (Å²) >= 11 is 6.44. The Morgan fingerprint density at radius 1 is 0.714 bits per heavy atom. The Hall–Kier alpha value is -2.25. The first-order chi connectivity index (χ1) is 10.3. The highest BCUT2D eigenvalue weighted by molar-refractivity contribution is 6.31. The van der Waals surface area contributed by atoms with Gasteiger partial charge in [0.25, 0.3) is 0 Å². The smallest absolute Gasteiger partial charge is 0.0468 e. The highest BCUT2D eigenvalue weighted by Crippen LogP contribution is 2.36. The lowest BCUT2D eigenvalue weighted by molar-refractivity contribution is 0.978. The summed E-state index contributed by atoms with van der Waals surface area (Å²) in [6, 6.07) is 26.5. The van der Waals surface area contributed by atoms with E-state index in [0.29, 0.717) is 10.7 Å². The quantitative estimate of drug-likeness (QED) is 0.527. The van der Waals surface area contributed by atoms with Crippen LogP contribution in [0.5, 0.6) is 0 Å². The van der Waals surface area contributed by atoms with Crippen LogP contribution in [0, 0.1) is 0 Å². The Kier molecular flexibility index (Phi) is 3.94. The molecule has 0 aliphatic heterocycles. The van der Waals surface area contributed by atoms with Gasteiger partial charge in [0.05, 0.1) is 0 Å². The number of anilines is 1. The monoisotopic (exact) mass is 293 g/mol. The molecule has 3 aromatic rings. The second kappa shape index (κ2) is 6.02. The summed E-state index contributed by atoms with van der Waals surface area (Å²) in [5.41, 5.74) is 10.0. The molecule has 0 fully saturated rings. The number of benzene rings is 3. The lowest BCUT2D eigenvalue weighted by Crippen LogP contribution is -2.04. The summed E-state index contributed by atoms with van der Waals surface area (Å²) in [6.45, 7) is 0. The van der Waals surface area contributed by atoms with Crippen LogP contribution < -0.4 is 5.73 Å². The third kappa shape index (κ3) is 2.93. The van der Waals surface area contributed by atoms with E-state index in [2.05, 4.69) is 48.5 Å². The van der Waals surface area contributed by atoms with Gasteiger partial charge in [0.15, 0.2) is 0 Å². The van der Waals surface area contributed by atoms with Gasteiger partial charge in [0, 0.05) is 16.6 Å². The summed E-state index contributed by atoms with van der Waals surface area (Å²) < 4.78 is 0. The van der Waals surface area contributed by atoms with Crippen molar-refractivity contribution in [1.82, 2.24) is 0 Å². The second-order valence-corrected chi connectivity index (χ2v) is 5.44. The zero-order valence-corrected chi connectivity index (χ0v) is 12.3. The lowest BCUT2D eigenvalue weighted by atomic mass is 9.85. The van der Waals surface area contributed by atoms with Gasteiger partial charge in [0.1, 0.15) is 0 Å². The van der Waals surface area contributed by atoms with E-state index in [4.69, 9.17) is 17.3 Å². The second-order valence-electron chi connectivity index (χ2n) is 5.04. The first-order valence-corrected chi connectivity index (χ1v) is 7.28. The van der Waals surface area contributed by atoms with Crippen molar-refractivity contribution in [3.63, 3.8) is 0 Å². The molecule has 0 atom stereocenters. The molecule has 0 saturated heterocycles. The number of nitrogen functional groups attached to an aromatic ring is 1. The Balaban J connectivity index is 2.17. The van der Waals surface area contributed by atoms with Crippen molar-refractivity contribution in [1.29, 1.82) is 0 Å². The van der Waals surface area contributed by atoms with Crippen molar-refractivity contribution < 1.29 is 0 Å². The van der Waals surface area contributed by atoms with E-state index in [9.17, 15) is 0 Å². The normalized spacial score (nSPS) is 10.8. The molecular weight excluding hydrogens is 278 g/mol. The molecule has 2 heteroatoms. The van der Waals surface area contributed by atoms with Gasteiger partial charge in [-0.05, 0) is 28.8 Å². The summed E-state index contributed by atoms with van der Waals surface area (Å²) in [4.78, 5) is 0. The van der Waals surface area contributed by atoms with E-state index in [1.54, 1.807) is 0 Å². The zero-order chi connectivity index (χ0) is 14.7. The molecule has 0 spiro atoms. The summed E-state index contributed by atoms with van der Waals surface area (Å²) in [5, 5.41) is 0.702. The van der Waals surface area contributed by atoms with Crippen LogP contribution in [0.15, 0.2) is 78.9 Å². The van der Waals surface area contributed by atoms with Crippen molar-refractivity contribution in [2.75, 3.05) is 5.73 Å². The molecule has 0 bridgehead atoms. The minimum atomic E-state index is 0.112. The topological polar surface area (TPSA) is 26.0 Å². The molecule has 0 saturated carbocycles. The van der Waals surface area contributed by atoms with E-state index >= 15 is 0 Å². The summed E-state index contributed by atoms with van der Waals surface area (Å²) in [6.07, 6.45) is 0.